The highest BCUT2D eigenvalue weighted by atomic mass is 35.5. The SMILES string of the molecule is CCc1cccc(Cl)c1COc1ccc2c(c1)CC1(CCN(CC(=O)O)CC1)C2. The molecule has 0 amide bonds. The van der Waals surface area contributed by atoms with Crippen LogP contribution in [0.1, 0.15) is 42.0 Å². The number of rotatable bonds is 6. The van der Waals surface area contributed by atoms with E-state index in [-0.39, 0.29) is 12.0 Å². The quantitative estimate of drug-likeness (QED) is 0.742. The Bertz CT molecular complexity index is 903. The van der Waals surface area contributed by atoms with Gasteiger partial charge >= 0.3 is 5.97 Å². The van der Waals surface area contributed by atoms with Crippen molar-refractivity contribution < 1.29 is 14.6 Å². The molecule has 0 atom stereocenters. The largest absolute Gasteiger partial charge is 0.489 e. The Morgan fingerprint density at radius 2 is 1.93 bits per heavy atom. The molecule has 154 valence electrons. The molecule has 1 heterocycles. The lowest BCUT2D eigenvalue weighted by molar-refractivity contribution is -0.138. The molecule has 0 unspecified atom stereocenters. The first kappa shape index (κ1) is 20.2. The molecule has 2 aliphatic rings. The number of halogens is 1. The summed E-state index contributed by atoms with van der Waals surface area (Å²) in [5, 5.41) is 9.78. The second-order valence-corrected chi connectivity index (χ2v) is 8.88. The van der Waals surface area contributed by atoms with Gasteiger partial charge in [-0.15, -0.1) is 0 Å². The highest BCUT2D eigenvalue weighted by Crippen LogP contribution is 2.45. The third kappa shape index (κ3) is 4.44. The summed E-state index contributed by atoms with van der Waals surface area (Å²) in [5.41, 5.74) is 5.37. The number of nitrogens with zero attached hydrogens (tertiary/aromatic N) is 1. The number of hydrogen-bond acceptors (Lipinski definition) is 3. The number of carbonyl (C=O) groups is 1. The average molecular weight is 414 g/mol. The maximum Gasteiger partial charge on any atom is 0.317 e. The molecule has 29 heavy (non-hydrogen) atoms. The van der Waals surface area contributed by atoms with Crippen LogP contribution in [0.25, 0.3) is 0 Å². The minimum Gasteiger partial charge on any atom is -0.489 e. The predicted molar refractivity (Wildman–Crippen MR) is 115 cm³/mol. The van der Waals surface area contributed by atoms with Gasteiger partial charge in [0, 0.05) is 10.6 Å². The average Bonchev–Trinajstić information content (AvgIpc) is 3.05. The first-order valence-electron chi connectivity index (χ1n) is 10.4. The van der Waals surface area contributed by atoms with E-state index in [1.807, 2.05) is 12.1 Å². The van der Waals surface area contributed by atoms with Crippen LogP contribution in [0.15, 0.2) is 36.4 Å². The van der Waals surface area contributed by atoms with Crippen molar-refractivity contribution in [2.24, 2.45) is 5.41 Å². The van der Waals surface area contributed by atoms with Gasteiger partial charge in [-0.25, -0.2) is 0 Å². The van der Waals surface area contributed by atoms with E-state index in [4.69, 9.17) is 21.4 Å². The summed E-state index contributed by atoms with van der Waals surface area (Å²) in [6.45, 7) is 4.51. The van der Waals surface area contributed by atoms with E-state index in [0.717, 1.165) is 61.5 Å². The molecule has 0 radical (unpaired) electrons. The van der Waals surface area contributed by atoms with E-state index in [2.05, 4.69) is 36.1 Å². The van der Waals surface area contributed by atoms with Crippen molar-refractivity contribution in [1.29, 1.82) is 0 Å². The van der Waals surface area contributed by atoms with Gasteiger partial charge in [-0.2, -0.15) is 0 Å². The molecular weight excluding hydrogens is 386 g/mol. The van der Waals surface area contributed by atoms with Crippen molar-refractivity contribution in [2.45, 2.75) is 45.6 Å². The van der Waals surface area contributed by atoms with Gasteiger partial charge < -0.3 is 9.84 Å². The second kappa shape index (κ2) is 8.37. The Kier molecular flexibility index (Phi) is 5.84. The lowest BCUT2D eigenvalue weighted by Gasteiger charge is -2.38. The van der Waals surface area contributed by atoms with Crippen LogP contribution in [0.2, 0.25) is 5.02 Å². The molecular formula is C24H28ClNO3. The van der Waals surface area contributed by atoms with Crippen LogP contribution in [0.3, 0.4) is 0 Å². The van der Waals surface area contributed by atoms with Gasteiger partial charge in [0.1, 0.15) is 12.4 Å². The maximum absolute atomic E-state index is 11.0. The zero-order chi connectivity index (χ0) is 20.4. The summed E-state index contributed by atoms with van der Waals surface area (Å²) in [5.74, 6) is 0.160. The standard InChI is InChI=1S/C24H28ClNO3/c1-2-17-4-3-5-22(25)21(17)16-29-20-7-6-18-13-24(14-19(18)12-20)8-10-26(11-9-24)15-23(27)28/h3-7,12H,2,8-11,13-16H2,1H3,(H,27,28). The fourth-order valence-electron chi connectivity index (χ4n) is 4.88. The van der Waals surface area contributed by atoms with E-state index >= 15 is 0 Å². The Morgan fingerprint density at radius 3 is 2.66 bits per heavy atom. The van der Waals surface area contributed by atoms with Crippen LogP contribution in [-0.2, 0) is 30.7 Å². The van der Waals surface area contributed by atoms with Crippen molar-refractivity contribution >= 4 is 17.6 Å². The van der Waals surface area contributed by atoms with Gasteiger partial charge in [-0.1, -0.05) is 36.7 Å². The molecule has 1 aliphatic heterocycles. The third-order valence-corrected chi connectivity index (χ3v) is 6.92. The van der Waals surface area contributed by atoms with Crippen molar-refractivity contribution in [3.05, 3.63) is 63.7 Å². The normalized spacial score (nSPS) is 18.0. The maximum atomic E-state index is 11.0. The molecule has 4 nitrogen and oxygen atoms in total. The van der Waals surface area contributed by atoms with E-state index < -0.39 is 5.97 Å². The third-order valence-electron chi connectivity index (χ3n) is 6.56. The van der Waals surface area contributed by atoms with Gasteiger partial charge in [0.2, 0.25) is 0 Å². The number of hydrogen-bond donors (Lipinski definition) is 1. The van der Waals surface area contributed by atoms with Crippen LogP contribution < -0.4 is 4.74 Å². The van der Waals surface area contributed by atoms with Crippen molar-refractivity contribution in [3.8, 4) is 5.75 Å². The molecule has 1 fully saturated rings. The molecule has 1 aliphatic carbocycles. The lowest BCUT2D eigenvalue weighted by atomic mass is 9.76. The number of fused-ring (bicyclic) bond motifs is 1. The predicted octanol–water partition coefficient (Wildman–Crippen LogP) is 4.75. The van der Waals surface area contributed by atoms with E-state index in [1.54, 1.807) is 0 Å². The fraction of sp³-hybridized carbons (Fsp3) is 0.458. The van der Waals surface area contributed by atoms with Crippen molar-refractivity contribution in [2.75, 3.05) is 19.6 Å². The molecule has 0 saturated carbocycles. The number of benzene rings is 2. The Balaban J connectivity index is 1.41. The molecule has 5 heteroatoms. The van der Waals surface area contributed by atoms with Gasteiger partial charge in [0.05, 0.1) is 6.54 Å². The Hall–Kier alpha value is -2.04. The van der Waals surface area contributed by atoms with Crippen molar-refractivity contribution in [3.63, 3.8) is 0 Å². The number of likely N-dealkylation sites (tertiary alicyclic amines) is 1. The van der Waals surface area contributed by atoms with Crippen LogP contribution >= 0.6 is 11.6 Å². The van der Waals surface area contributed by atoms with E-state index in [0.29, 0.717) is 6.61 Å². The van der Waals surface area contributed by atoms with Crippen LogP contribution in [0, 0.1) is 5.41 Å². The zero-order valence-electron chi connectivity index (χ0n) is 16.9. The molecule has 0 aromatic heterocycles. The summed E-state index contributed by atoms with van der Waals surface area (Å²) in [6.07, 6.45) is 5.21. The minimum atomic E-state index is -0.734. The number of carboxylic acid groups (broad SMARTS) is 1. The molecule has 2 aromatic rings. The van der Waals surface area contributed by atoms with Gasteiger partial charge in [0.25, 0.3) is 0 Å². The summed E-state index contributed by atoms with van der Waals surface area (Å²) < 4.78 is 6.12. The molecule has 1 N–H and O–H groups in total. The molecule has 4 rings (SSSR count). The fourth-order valence-corrected chi connectivity index (χ4v) is 5.13. The monoisotopic (exact) mass is 413 g/mol. The Morgan fingerprint density at radius 1 is 1.17 bits per heavy atom. The lowest BCUT2D eigenvalue weighted by Crippen LogP contribution is -2.42. The number of piperidine rings is 1. The van der Waals surface area contributed by atoms with E-state index in [1.165, 1.54) is 16.7 Å². The van der Waals surface area contributed by atoms with Gasteiger partial charge in [-0.3, -0.25) is 9.69 Å². The van der Waals surface area contributed by atoms with Crippen molar-refractivity contribution in [1.82, 2.24) is 4.90 Å². The van der Waals surface area contributed by atoms with Crippen LogP contribution in [0.5, 0.6) is 5.75 Å². The molecule has 1 saturated heterocycles. The smallest absolute Gasteiger partial charge is 0.317 e. The summed E-state index contributed by atoms with van der Waals surface area (Å²) in [7, 11) is 0. The Labute approximate surface area is 177 Å². The first-order chi connectivity index (χ1) is 14.0. The zero-order valence-corrected chi connectivity index (χ0v) is 17.7. The van der Waals surface area contributed by atoms with Crippen LogP contribution in [-0.4, -0.2) is 35.6 Å². The second-order valence-electron chi connectivity index (χ2n) is 8.47. The van der Waals surface area contributed by atoms with Gasteiger partial charge in [-0.05, 0) is 85.5 Å². The summed E-state index contributed by atoms with van der Waals surface area (Å²) in [4.78, 5) is 13.0. The highest BCUT2D eigenvalue weighted by molar-refractivity contribution is 6.31. The molecule has 2 aromatic carbocycles. The van der Waals surface area contributed by atoms with E-state index in [9.17, 15) is 4.79 Å². The number of carboxylic acids is 1. The summed E-state index contributed by atoms with van der Waals surface area (Å²) >= 11 is 6.39. The highest BCUT2D eigenvalue weighted by Gasteiger charge is 2.40. The number of aryl methyl sites for hydroxylation is 1. The van der Waals surface area contributed by atoms with Crippen LogP contribution in [0.4, 0.5) is 0 Å². The molecule has 1 spiro atoms. The number of ether oxygens (including phenoxy) is 1. The first-order valence-corrected chi connectivity index (χ1v) is 10.8. The number of aliphatic carboxylic acids is 1. The minimum absolute atomic E-state index is 0.156. The topological polar surface area (TPSA) is 49.8 Å². The molecule has 0 bridgehead atoms. The summed E-state index contributed by atoms with van der Waals surface area (Å²) in [6, 6.07) is 12.5. The van der Waals surface area contributed by atoms with Gasteiger partial charge in [0.15, 0.2) is 0 Å².